The van der Waals surface area contributed by atoms with Crippen molar-refractivity contribution in [3.8, 4) is 0 Å². The Hall–Kier alpha value is -3.06. The normalized spacial score (nSPS) is 11.3. The van der Waals surface area contributed by atoms with Crippen LogP contribution in [-0.4, -0.2) is 23.3 Å². The van der Waals surface area contributed by atoms with Gasteiger partial charge in [0.1, 0.15) is 5.78 Å². The molecule has 2 amide bonds. The zero-order chi connectivity index (χ0) is 22.8. The van der Waals surface area contributed by atoms with Crippen molar-refractivity contribution in [1.29, 1.82) is 0 Å². The van der Waals surface area contributed by atoms with Crippen molar-refractivity contribution >= 4 is 40.6 Å². The number of hydrogen-bond donors (Lipinski definition) is 2. The van der Waals surface area contributed by atoms with E-state index < -0.39 is 0 Å². The summed E-state index contributed by atoms with van der Waals surface area (Å²) in [6.07, 6.45) is 4.03. The standard InChI is InChI=1S/C23H27ClN4O3/c1-16(2)21(29)14-19(26-27-23(31)15-28-11-5-4-6-12-28)8-10-22(30)25-20-9-7-18(24)13-17(20)3/h4-7,9,11-13,16H,8,10,14-15H2,1-3H3,(H-,25,27,30,31)/p+1/b26-19-. The van der Waals surface area contributed by atoms with Gasteiger partial charge in [-0.25, -0.2) is 5.43 Å². The highest BCUT2D eigenvalue weighted by Gasteiger charge is 2.15. The Balaban J connectivity index is 1.98. The second-order valence-electron chi connectivity index (χ2n) is 7.57. The van der Waals surface area contributed by atoms with Gasteiger partial charge in [-0.05, 0) is 37.1 Å². The third-order valence-corrected chi connectivity index (χ3v) is 4.80. The minimum Gasteiger partial charge on any atom is -0.326 e. The molecule has 0 fully saturated rings. The number of halogens is 1. The predicted molar refractivity (Wildman–Crippen MR) is 121 cm³/mol. The van der Waals surface area contributed by atoms with Crippen LogP contribution in [0.5, 0.6) is 0 Å². The second-order valence-corrected chi connectivity index (χ2v) is 8.00. The number of amides is 2. The van der Waals surface area contributed by atoms with Crippen LogP contribution < -0.4 is 15.3 Å². The van der Waals surface area contributed by atoms with Gasteiger partial charge >= 0.3 is 5.91 Å². The van der Waals surface area contributed by atoms with Crippen LogP contribution in [0, 0.1) is 12.8 Å². The molecule has 0 aliphatic carbocycles. The fraction of sp³-hybridized carbons (Fsp3) is 0.348. The van der Waals surface area contributed by atoms with E-state index in [1.807, 2.05) is 25.1 Å². The van der Waals surface area contributed by atoms with Crippen molar-refractivity contribution in [2.75, 3.05) is 5.32 Å². The van der Waals surface area contributed by atoms with E-state index in [0.29, 0.717) is 16.4 Å². The average molecular weight is 444 g/mol. The van der Waals surface area contributed by atoms with Crippen LogP contribution in [0.25, 0.3) is 0 Å². The average Bonchev–Trinajstić information content (AvgIpc) is 2.72. The lowest BCUT2D eigenvalue weighted by Gasteiger charge is -2.10. The summed E-state index contributed by atoms with van der Waals surface area (Å²) in [7, 11) is 0. The molecule has 0 saturated carbocycles. The maximum absolute atomic E-state index is 12.4. The third-order valence-electron chi connectivity index (χ3n) is 4.57. The molecule has 0 aliphatic rings. The lowest BCUT2D eigenvalue weighted by Crippen LogP contribution is -2.41. The van der Waals surface area contributed by atoms with E-state index in [4.69, 9.17) is 11.6 Å². The van der Waals surface area contributed by atoms with Crippen LogP contribution in [0.2, 0.25) is 5.02 Å². The fourth-order valence-electron chi connectivity index (χ4n) is 2.71. The van der Waals surface area contributed by atoms with E-state index in [2.05, 4.69) is 15.8 Å². The van der Waals surface area contributed by atoms with Gasteiger partial charge in [-0.3, -0.25) is 14.4 Å². The summed E-state index contributed by atoms with van der Waals surface area (Å²) in [5.74, 6) is -0.682. The number of pyridine rings is 1. The van der Waals surface area contributed by atoms with Gasteiger partial charge in [0.15, 0.2) is 12.4 Å². The number of aryl methyl sites for hydroxylation is 1. The van der Waals surface area contributed by atoms with Gasteiger partial charge in [-0.15, -0.1) is 0 Å². The van der Waals surface area contributed by atoms with Gasteiger partial charge in [0.2, 0.25) is 12.5 Å². The van der Waals surface area contributed by atoms with Crippen molar-refractivity contribution in [2.24, 2.45) is 11.0 Å². The second kappa shape index (κ2) is 12.0. The molecular weight excluding hydrogens is 416 g/mol. The molecule has 2 rings (SSSR count). The molecule has 7 nitrogen and oxygen atoms in total. The molecule has 2 aromatic rings. The third kappa shape index (κ3) is 8.68. The highest BCUT2D eigenvalue weighted by atomic mass is 35.5. The largest absolute Gasteiger partial charge is 0.326 e. The van der Waals surface area contributed by atoms with Crippen molar-refractivity contribution in [1.82, 2.24) is 5.43 Å². The van der Waals surface area contributed by atoms with Gasteiger partial charge in [0.25, 0.3) is 0 Å². The maximum atomic E-state index is 12.4. The number of benzene rings is 1. The number of rotatable bonds is 10. The molecule has 0 saturated heterocycles. The summed E-state index contributed by atoms with van der Waals surface area (Å²) in [6, 6.07) is 10.7. The number of carbonyl (C=O) groups is 3. The SMILES string of the molecule is Cc1cc(Cl)ccc1NC(=O)CC/C(CC(=O)C(C)C)=N/NC(=O)C[n+]1ccccc1. The highest BCUT2D eigenvalue weighted by molar-refractivity contribution is 6.30. The Labute approximate surface area is 187 Å². The monoisotopic (exact) mass is 443 g/mol. The van der Waals surface area contributed by atoms with Crippen molar-refractivity contribution < 1.29 is 19.0 Å². The molecule has 31 heavy (non-hydrogen) atoms. The molecule has 1 heterocycles. The molecule has 0 aliphatic heterocycles. The maximum Gasteiger partial charge on any atom is 0.305 e. The van der Waals surface area contributed by atoms with Crippen molar-refractivity contribution in [2.45, 2.75) is 46.6 Å². The van der Waals surface area contributed by atoms with Crippen LogP contribution in [0.4, 0.5) is 5.69 Å². The van der Waals surface area contributed by atoms with Crippen molar-refractivity contribution in [3.05, 3.63) is 59.4 Å². The van der Waals surface area contributed by atoms with Gasteiger partial charge in [-0.1, -0.05) is 31.5 Å². The Morgan fingerprint density at radius 1 is 1.06 bits per heavy atom. The Kier molecular flexibility index (Phi) is 9.34. The summed E-state index contributed by atoms with van der Waals surface area (Å²) < 4.78 is 1.71. The van der Waals surface area contributed by atoms with E-state index in [9.17, 15) is 14.4 Å². The van der Waals surface area contributed by atoms with E-state index in [1.54, 1.807) is 49.0 Å². The number of carbonyl (C=O) groups excluding carboxylic acids is 3. The zero-order valence-corrected chi connectivity index (χ0v) is 18.8. The van der Waals surface area contributed by atoms with Crippen LogP contribution in [0.1, 0.15) is 38.7 Å². The van der Waals surface area contributed by atoms with Gasteiger partial charge < -0.3 is 5.32 Å². The summed E-state index contributed by atoms with van der Waals surface area (Å²) in [5.41, 5.74) is 4.50. The van der Waals surface area contributed by atoms with E-state index in [-0.39, 0.29) is 49.3 Å². The Bertz CT molecular complexity index is 959. The molecule has 0 unspecified atom stereocenters. The number of anilines is 1. The molecule has 0 bridgehead atoms. The van der Waals surface area contributed by atoms with Crippen LogP contribution in [0.15, 0.2) is 53.9 Å². The molecule has 0 spiro atoms. The summed E-state index contributed by atoms with van der Waals surface area (Å²) >= 11 is 5.95. The molecule has 164 valence electrons. The van der Waals surface area contributed by atoms with Crippen LogP contribution in [0.3, 0.4) is 0 Å². The lowest BCUT2D eigenvalue weighted by atomic mass is 10.0. The van der Waals surface area contributed by atoms with E-state index >= 15 is 0 Å². The predicted octanol–water partition coefficient (Wildman–Crippen LogP) is 3.44. The molecular formula is C23H28ClN4O3+. The first-order chi connectivity index (χ1) is 14.7. The molecule has 0 atom stereocenters. The minimum atomic E-state index is -0.313. The molecule has 0 radical (unpaired) electrons. The van der Waals surface area contributed by atoms with E-state index in [0.717, 1.165) is 5.56 Å². The van der Waals surface area contributed by atoms with Gasteiger partial charge in [0.05, 0.1) is 0 Å². The van der Waals surface area contributed by atoms with E-state index in [1.165, 1.54) is 0 Å². The first-order valence-corrected chi connectivity index (χ1v) is 10.5. The quantitative estimate of drug-likeness (QED) is 0.334. The molecule has 8 heteroatoms. The Morgan fingerprint density at radius 3 is 2.42 bits per heavy atom. The summed E-state index contributed by atoms with van der Waals surface area (Å²) in [4.78, 5) is 36.7. The zero-order valence-electron chi connectivity index (χ0n) is 18.0. The first-order valence-electron chi connectivity index (χ1n) is 10.1. The number of hydrazone groups is 1. The number of hydrogen-bond acceptors (Lipinski definition) is 4. The first kappa shape index (κ1) is 24.2. The molecule has 2 N–H and O–H groups in total. The van der Waals surface area contributed by atoms with Crippen LogP contribution in [-0.2, 0) is 20.9 Å². The smallest absolute Gasteiger partial charge is 0.305 e. The lowest BCUT2D eigenvalue weighted by molar-refractivity contribution is -0.684. The summed E-state index contributed by atoms with van der Waals surface area (Å²) in [5, 5.41) is 7.57. The topological polar surface area (TPSA) is 91.5 Å². The van der Waals surface area contributed by atoms with Crippen molar-refractivity contribution in [3.63, 3.8) is 0 Å². The number of nitrogens with one attached hydrogen (secondary N) is 2. The van der Waals surface area contributed by atoms with Gasteiger partial charge in [-0.2, -0.15) is 9.67 Å². The Morgan fingerprint density at radius 2 is 1.77 bits per heavy atom. The number of Topliss-reactive ketones (excluding diaryl/α,β-unsaturated/α-hetero) is 1. The number of aromatic nitrogens is 1. The highest BCUT2D eigenvalue weighted by Crippen LogP contribution is 2.20. The summed E-state index contributed by atoms with van der Waals surface area (Å²) in [6.45, 7) is 5.57. The number of ketones is 1. The molecule has 1 aromatic heterocycles. The minimum absolute atomic E-state index is 0.000567. The fourth-order valence-corrected chi connectivity index (χ4v) is 2.94. The molecule has 1 aromatic carbocycles. The van der Waals surface area contributed by atoms with Gasteiger partial charge in [0, 0.05) is 47.3 Å². The number of nitrogens with zero attached hydrogens (tertiary/aromatic N) is 2. The van der Waals surface area contributed by atoms with Crippen LogP contribution >= 0.6 is 11.6 Å².